The summed E-state index contributed by atoms with van der Waals surface area (Å²) in [6.07, 6.45) is 2.82. The van der Waals surface area contributed by atoms with Crippen molar-refractivity contribution in [1.82, 2.24) is 15.0 Å². The Balaban J connectivity index is 2.08. The van der Waals surface area contributed by atoms with Crippen molar-refractivity contribution in [2.24, 2.45) is 0 Å². The molecule has 0 saturated carbocycles. The zero-order chi connectivity index (χ0) is 18.5. The second-order valence-corrected chi connectivity index (χ2v) is 5.34. The van der Waals surface area contributed by atoms with Gasteiger partial charge in [-0.15, -0.1) is 0 Å². The maximum Gasteiger partial charge on any atom is 0.373 e. The van der Waals surface area contributed by atoms with Crippen molar-refractivity contribution < 1.29 is 14.8 Å². The summed E-state index contributed by atoms with van der Waals surface area (Å²) in [6.45, 7) is 2.31. The van der Waals surface area contributed by atoms with E-state index in [4.69, 9.17) is 4.74 Å². The van der Waals surface area contributed by atoms with E-state index in [2.05, 4.69) is 15.0 Å². The molecule has 9 heteroatoms. The number of pyridine rings is 1. The number of hydrogen-bond donors (Lipinski definition) is 1. The number of likely N-dealkylation sites (N-methyl/N-ethyl adjacent to an activating group) is 1. The van der Waals surface area contributed by atoms with Crippen LogP contribution in [0.4, 0.5) is 11.5 Å². The Kier molecular flexibility index (Phi) is 5.18. The minimum atomic E-state index is -0.580. The van der Waals surface area contributed by atoms with Gasteiger partial charge in [0.1, 0.15) is 11.8 Å². The van der Waals surface area contributed by atoms with Gasteiger partial charge in [0.2, 0.25) is 5.82 Å². The van der Waals surface area contributed by atoms with Gasteiger partial charge in [0, 0.05) is 24.7 Å². The van der Waals surface area contributed by atoms with E-state index in [-0.39, 0.29) is 30.5 Å². The molecule has 9 nitrogen and oxygen atoms in total. The number of aromatic nitrogens is 3. The van der Waals surface area contributed by atoms with Crippen LogP contribution in [0, 0.1) is 10.1 Å². The summed E-state index contributed by atoms with van der Waals surface area (Å²) in [5.74, 6) is 0.292. The van der Waals surface area contributed by atoms with Crippen molar-refractivity contribution in [3.63, 3.8) is 0 Å². The Bertz CT molecular complexity index is 929. The first-order valence-corrected chi connectivity index (χ1v) is 8.02. The lowest BCUT2D eigenvalue weighted by Gasteiger charge is -2.20. The Morgan fingerprint density at radius 2 is 2.04 bits per heavy atom. The molecule has 2 aromatic heterocycles. The van der Waals surface area contributed by atoms with Crippen molar-refractivity contribution in [3.8, 4) is 11.6 Å². The van der Waals surface area contributed by atoms with E-state index >= 15 is 0 Å². The lowest BCUT2D eigenvalue weighted by molar-refractivity contribution is -0.385. The molecule has 0 spiro atoms. The summed E-state index contributed by atoms with van der Waals surface area (Å²) in [4.78, 5) is 24.9. The zero-order valence-corrected chi connectivity index (χ0v) is 14.1. The molecule has 0 radical (unpaired) electrons. The maximum absolute atomic E-state index is 11.7. The summed E-state index contributed by atoms with van der Waals surface area (Å²) in [6, 6.07) is 8.99. The fourth-order valence-electron chi connectivity index (χ4n) is 2.62. The first kappa shape index (κ1) is 17.5. The molecule has 0 saturated heterocycles. The van der Waals surface area contributed by atoms with Gasteiger partial charge in [0.25, 0.3) is 0 Å². The average molecular weight is 355 g/mol. The van der Waals surface area contributed by atoms with Crippen molar-refractivity contribution in [2.45, 2.75) is 6.92 Å². The van der Waals surface area contributed by atoms with E-state index < -0.39 is 4.92 Å². The Morgan fingerprint density at radius 1 is 1.23 bits per heavy atom. The van der Waals surface area contributed by atoms with Crippen molar-refractivity contribution in [3.05, 3.63) is 53.0 Å². The SMILES string of the molecule is CCN(CCO)c1ncnc(Oc2cccc3cccnc23)c1[N+](=O)[O-]. The van der Waals surface area contributed by atoms with Gasteiger partial charge in [-0.05, 0) is 19.1 Å². The summed E-state index contributed by atoms with van der Waals surface area (Å²) in [5, 5.41) is 21.7. The number of para-hydroxylation sites is 1. The molecule has 3 aromatic rings. The quantitative estimate of drug-likeness (QED) is 0.508. The second kappa shape index (κ2) is 7.70. The first-order chi connectivity index (χ1) is 12.7. The van der Waals surface area contributed by atoms with Gasteiger partial charge in [-0.3, -0.25) is 15.1 Å². The van der Waals surface area contributed by atoms with E-state index in [1.54, 1.807) is 29.3 Å². The highest BCUT2D eigenvalue weighted by Gasteiger charge is 2.28. The van der Waals surface area contributed by atoms with Crippen LogP contribution < -0.4 is 9.64 Å². The summed E-state index contributed by atoms with van der Waals surface area (Å²) in [5.41, 5.74) is 0.225. The van der Waals surface area contributed by atoms with Crippen molar-refractivity contribution in [1.29, 1.82) is 0 Å². The van der Waals surface area contributed by atoms with E-state index in [1.165, 1.54) is 6.33 Å². The molecule has 134 valence electrons. The monoisotopic (exact) mass is 355 g/mol. The molecule has 0 unspecified atom stereocenters. The number of aliphatic hydroxyl groups is 1. The largest absolute Gasteiger partial charge is 0.431 e. The molecule has 0 fully saturated rings. The molecule has 0 amide bonds. The predicted molar refractivity (Wildman–Crippen MR) is 95.5 cm³/mol. The van der Waals surface area contributed by atoms with Gasteiger partial charge in [-0.25, -0.2) is 4.98 Å². The van der Waals surface area contributed by atoms with E-state index in [0.717, 1.165) is 5.39 Å². The smallest absolute Gasteiger partial charge is 0.373 e. The number of rotatable bonds is 7. The number of nitrogens with zero attached hydrogens (tertiary/aromatic N) is 5. The second-order valence-electron chi connectivity index (χ2n) is 5.34. The number of fused-ring (bicyclic) bond motifs is 1. The molecule has 0 aliphatic rings. The van der Waals surface area contributed by atoms with Gasteiger partial charge in [-0.1, -0.05) is 18.2 Å². The summed E-state index contributed by atoms with van der Waals surface area (Å²) >= 11 is 0. The number of benzene rings is 1. The van der Waals surface area contributed by atoms with Crippen LogP contribution in [-0.2, 0) is 0 Å². The molecule has 0 aliphatic heterocycles. The average Bonchev–Trinajstić information content (AvgIpc) is 2.66. The van der Waals surface area contributed by atoms with Crippen LogP contribution in [0.25, 0.3) is 10.9 Å². The van der Waals surface area contributed by atoms with E-state index in [9.17, 15) is 15.2 Å². The predicted octanol–water partition coefficient (Wildman–Crippen LogP) is 2.54. The highest BCUT2D eigenvalue weighted by molar-refractivity contribution is 5.84. The third-order valence-electron chi connectivity index (χ3n) is 3.81. The van der Waals surface area contributed by atoms with Crippen LogP contribution in [0.15, 0.2) is 42.9 Å². The topological polar surface area (TPSA) is 115 Å². The van der Waals surface area contributed by atoms with Gasteiger partial charge in [-0.2, -0.15) is 4.98 Å². The van der Waals surface area contributed by atoms with Crippen LogP contribution in [0.1, 0.15) is 6.92 Å². The third kappa shape index (κ3) is 3.38. The molecule has 1 aromatic carbocycles. The molecule has 3 rings (SSSR count). The maximum atomic E-state index is 11.7. The fraction of sp³-hybridized carbons (Fsp3) is 0.235. The summed E-state index contributed by atoms with van der Waals surface area (Å²) in [7, 11) is 0. The first-order valence-electron chi connectivity index (χ1n) is 8.02. The van der Waals surface area contributed by atoms with E-state index in [1.807, 2.05) is 19.1 Å². The van der Waals surface area contributed by atoms with E-state index in [0.29, 0.717) is 17.8 Å². The van der Waals surface area contributed by atoms with Gasteiger partial charge < -0.3 is 14.7 Å². The fourth-order valence-corrected chi connectivity index (χ4v) is 2.62. The van der Waals surface area contributed by atoms with Gasteiger partial charge in [0.15, 0.2) is 5.75 Å². The Morgan fingerprint density at radius 3 is 2.77 bits per heavy atom. The van der Waals surface area contributed by atoms with Crippen LogP contribution in [0.5, 0.6) is 11.6 Å². The molecule has 0 aliphatic carbocycles. The van der Waals surface area contributed by atoms with Crippen LogP contribution in [-0.4, -0.2) is 44.7 Å². The third-order valence-corrected chi connectivity index (χ3v) is 3.81. The lowest BCUT2D eigenvalue weighted by Crippen LogP contribution is -2.28. The number of hydrogen-bond acceptors (Lipinski definition) is 8. The highest BCUT2D eigenvalue weighted by atomic mass is 16.6. The molecular formula is C17H17N5O4. The number of nitro groups is 1. The number of aliphatic hydroxyl groups excluding tert-OH is 1. The normalized spacial score (nSPS) is 10.7. The van der Waals surface area contributed by atoms with Crippen LogP contribution >= 0.6 is 0 Å². The zero-order valence-electron chi connectivity index (χ0n) is 14.1. The van der Waals surface area contributed by atoms with Gasteiger partial charge >= 0.3 is 11.6 Å². The minimum absolute atomic E-state index is 0.102. The molecule has 2 heterocycles. The Labute approximate surface area is 149 Å². The molecular weight excluding hydrogens is 338 g/mol. The summed E-state index contributed by atoms with van der Waals surface area (Å²) < 4.78 is 5.75. The number of anilines is 1. The Hall–Kier alpha value is -3.33. The highest BCUT2D eigenvalue weighted by Crippen LogP contribution is 2.37. The van der Waals surface area contributed by atoms with Crippen molar-refractivity contribution in [2.75, 3.05) is 24.6 Å². The van der Waals surface area contributed by atoms with Crippen LogP contribution in [0.3, 0.4) is 0 Å². The van der Waals surface area contributed by atoms with Gasteiger partial charge in [0.05, 0.1) is 11.5 Å². The van der Waals surface area contributed by atoms with Crippen LogP contribution in [0.2, 0.25) is 0 Å². The number of ether oxygens (including phenoxy) is 1. The minimum Gasteiger partial charge on any atom is -0.431 e. The standard InChI is InChI=1S/C17H17N5O4/c1-2-21(9-10-23)16-15(22(24)25)17(20-11-19-16)26-13-7-3-5-12-6-4-8-18-14(12)13/h3-8,11,23H,2,9-10H2,1H3. The molecule has 0 bridgehead atoms. The molecule has 26 heavy (non-hydrogen) atoms. The lowest BCUT2D eigenvalue weighted by atomic mass is 10.2. The van der Waals surface area contributed by atoms with Crippen molar-refractivity contribution >= 4 is 22.4 Å². The molecule has 1 N–H and O–H groups in total. The molecule has 0 atom stereocenters.